The third-order valence-corrected chi connectivity index (χ3v) is 5.18. The Morgan fingerprint density at radius 1 is 1.03 bits per heavy atom. The Hall–Kier alpha value is -3.64. The number of aryl methyl sites for hydroxylation is 1. The zero-order chi connectivity index (χ0) is 27.7. The number of carbonyl (C=O) groups is 3. The van der Waals surface area contributed by atoms with Crippen molar-refractivity contribution in [2.45, 2.75) is 39.4 Å². The molecular weight excluding hydrogens is 536 g/mol. The van der Waals surface area contributed by atoms with Crippen LogP contribution in [0, 0.1) is 6.92 Å². The van der Waals surface area contributed by atoms with E-state index in [0.29, 0.717) is 16.3 Å². The number of nitrogens with zero attached hydrogens (tertiary/aromatic N) is 3. The zero-order valence-electron chi connectivity index (χ0n) is 19.9. The molecule has 0 spiro atoms. The van der Waals surface area contributed by atoms with E-state index in [9.17, 15) is 27.6 Å². The molecule has 37 heavy (non-hydrogen) atoms. The average Bonchev–Trinajstić information content (AvgIpc) is 3.20. The van der Waals surface area contributed by atoms with Gasteiger partial charge in [0.05, 0.1) is 16.3 Å². The van der Waals surface area contributed by atoms with Crippen molar-refractivity contribution in [3.63, 3.8) is 0 Å². The molecule has 0 bridgehead atoms. The second kappa shape index (κ2) is 10.4. The number of aromatic nitrogens is 3. The van der Waals surface area contributed by atoms with Crippen LogP contribution in [0.15, 0.2) is 36.5 Å². The monoisotopic (exact) mass is 556 g/mol. The van der Waals surface area contributed by atoms with Crippen LogP contribution in [-0.4, -0.2) is 38.1 Å². The van der Waals surface area contributed by atoms with Crippen molar-refractivity contribution in [3.8, 4) is 5.82 Å². The van der Waals surface area contributed by atoms with E-state index in [4.69, 9.17) is 23.2 Å². The molecule has 9 nitrogen and oxygen atoms in total. The van der Waals surface area contributed by atoms with Crippen LogP contribution in [-0.2, 0) is 6.18 Å². The molecule has 0 aliphatic carbocycles. The number of rotatable bonds is 4. The number of halogens is 5. The molecule has 3 rings (SSSR count). The Balaban J connectivity index is 1.93. The van der Waals surface area contributed by atoms with Gasteiger partial charge in [0.1, 0.15) is 5.69 Å². The number of amides is 4. The molecule has 0 atom stereocenters. The molecule has 0 unspecified atom stereocenters. The van der Waals surface area contributed by atoms with E-state index in [1.54, 1.807) is 27.7 Å². The summed E-state index contributed by atoms with van der Waals surface area (Å²) in [5.74, 6) is -2.02. The van der Waals surface area contributed by atoms with E-state index in [1.165, 1.54) is 30.5 Å². The molecule has 14 heteroatoms. The maximum atomic E-state index is 13.3. The van der Waals surface area contributed by atoms with Crippen LogP contribution in [0.1, 0.15) is 52.9 Å². The molecule has 3 N–H and O–H groups in total. The van der Waals surface area contributed by atoms with Gasteiger partial charge < -0.3 is 10.6 Å². The lowest BCUT2D eigenvalue weighted by Gasteiger charge is -2.22. The van der Waals surface area contributed by atoms with Crippen LogP contribution in [0.25, 0.3) is 5.82 Å². The van der Waals surface area contributed by atoms with Crippen molar-refractivity contribution in [1.29, 1.82) is 0 Å². The first-order valence-corrected chi connectivity index (χ1v) is 11.4. The molecule has 196 valence electrons. The topological polar surface area (TPSA) is 118 Å². The van der Waals surface area contributed by atoms with E-state index in [1.807, 2.05) is 5.32 Å². The standard InChI is InChI=1S/C23H21Cl2F3N6O3/c1-11-8-12(24)9-13(19(35)32-22(2,3)4)17(11)30-21(37)31-20(36)15-10-16(23(26,27)28)33-34(15)18-14(25)6-5-7-29-18/h5-10H,1-4H3,(H,32,35)(H2,30,31,36,37). The fourth-order valence-electron chi connectivity index (χ4n) is 3.18. The predicted octanol–water partition coefficient (Wildman–Crippen LogP) is 5.39. The highest BCUT2D eigenvalue weighted by atomic mass is 35.5. The van der Waals surface area contributed by atoms with Gasteiger partial charge in [-0.05, 0) is 57.5 Å². The molecule has 2 aromatic heterocycles. The second-order valence-electron chi connectivity index (χ2n) is 8.89. The largest absolute Gasteiger partial charge is 0.435 e. The van der Waals surface area contributed by atoms with E-state index >= 15 is 0 Å². The number of urea groups is 1. The van der Waals surface area contributed by atoms with Crippen molar-refractivity contribution in [1.82, 2.24) is 25.4 Å². The van der Waals surface area contributed by atoms with Crippen LogP contribution in [0.5, 0.6) is 0 Å². The number of imide groups is 1. The Morgan fingerprint density at radius 3 is 2.30 bits per heavy atom. The number of benzene rings is 1. The average molecular weight is 557 g/mol. The Labute approximate surface area is 219 Å². The number of hydrogen-bond acceptors (Lipinski definition) is 5. The molecule has 0 aliphatic rings. The van der Waals surface area contributed by atoms with Gasteiger partial charge in [-0.2, -0.15) is 18.3 Å². The fourth-order valence-corrected chi connectivity index (χ4v) is 3.66. The summed E-state index contributed by atoms with van der Waals surface area (Å²) in [6.07, 6.45) is -3.64. The Bertz CT molecular complexity index is 1380. The Morgan fingerprint density at radius 2 is 1.70 bits per heavy atom. The molecular formula is C23H21Cl2F3N6O3. The van der Waals surface area contributed by atoms with Crippen LogP contribution >= 0.6 is 23.2 Å². The normalized spacial score (nSPS) is 11.7. The SMILES string of the molecule is Cc1cc(Cl)cc(C(=O)NC(C)(C)C)c1NC(=O)NC(=O)c1cc(C(F)(F)F)nn1-c1ncccc1Cl. The molecule has 0 fully saturated rings. The number of anilines is 1. The predicted molar refractivity (Wildman–Crippen MR) is 131 cm³/mol. The minimum absolute atomic E-state index is 0.0205. The minimum atomic E-state index is -4.89. The third kappa shape index (κ3) is 6.77. The summed E-state index contributed by atoms with van der Waals surface area (Å²) in [6, 6.07) is 4.95. The minimum Gasteiger partial charge on any atom is -0.347 e. The molecule has 4 amide bonds. The van der Waals surface area contributed by atoms with E-state index < -0.39 is 40.9 Å². The number of pyridine rings is 1. The first-order chi connectivity index (χ1) is 17.1. The van der Waals surface area contributed by atoms with Crippen LogP contribution in [0.2, 0.25) is 10.0 Å². The summed E-state index contributed by atoms with van der Waals surface area (Å²) in [4.78, 5) is 42.2. The maximum Gasteiger partial charge on any atom is 0.435 e. The van der Waals surface area contributed by atoms with E-state index in [-0.39, 0.29) is 27.1 Å². The lowest BCUT2D eigenvalue weighted by Crippen LogP contribution is -2.41. The van der Waals surface area contributed by atoms with Crippen molar-refractivity contribution in [2.24, 2.45) is 0 Å². The first-order valence-electron chi connectivity index (χ1n) is 10.6. The molecule has 0 saturated heterocycles. The highest BCUT2D eigenvalue weighted by molar-refractivity contribution is 6.32. The molecule has 0 aliphatic heterocycles. The smallest absolute Gasteiger partial charge is 0.347 e. The van der Waals surface area contributed by atoms with Gasteiger partial charge in [-0.1, -0.05) is 23.2 Å². The lowest BCUT2D eigenvalue weighted by molar-refractivity contribution is -0.141. The van der Waals surface area contributed by atoms with E-state index in [2.05, 4.69) is 20.7 Å². The summed E-state index contributed by atoms with van der Waals surface area (Å²) in [5.41, 5.74) is -2.18. The lowest BCUT2D eigenvalue weighted by atomic mass is 10.0. The van der Waals surface area contributed by atoms with Gasteiger partial charge in [-0.15, -0.1) is 0 Å². The number of nitrogens with one attached hydrogen (secondary N) is 3. The highest BCUT2D eigenvalue weighted by Gasteiger charge is 2.37. The molecule has 3 aromatic rings. The van der Waals surface area contributed by atoms with Crippen molar-refractivity contribution < 1.29 is 27.6 Å². The first kappa shape index (κ1) is 27.9. The van der Waals surface area contributed by atoms with Crippen molar-refractivity contribution in [3.05, 3.63) is 69.1 Å². The van der Waals surface area contributed by atoms with Gasteiger partial charge in [0.2, 0.25) is 0 Å². The quantitative estimate of drug-likeness (QED) is 0.398. The summed E-state index contributed by atoms with van der Waals surface area (Å²) in [6.45, 7) is 6.85. The molecule has 1 aromatic carbocycles. The van der Waals surface area contributed by atoms with Crippen molar-refractivity contribution >= 4 is 46.7 Å². The van der Waals surface area contributed by atoms with Crippen LogP contribution in [0.4, 0.5) is 23.7 Å². The fraction of sp³-hybridized carbons (Fsp3) is 0.261. The molecule has 2 heterocycles. The van der Waals surface area contributed by atoms with Gasteiger partial charge in [-0.3, -0.25) is 14.9 Å². The highest BCUT2D eigenvalue weighted by Crippen LogP contribution is 2.30. The van der Waals surface area contributed by atoms with Crippen molar-refractivity contribution in [2.75, 3.05) is 5.32 Å². The van der Waals surface area contributed by atoms with E-state index in [0.717, 1.165) is 0 Å². The third-order valence-electron chi connectivity index (χ3n) is 4.67. The van der Waals surface area contributed by atoms with Gasteiger partial charge in [0, 0.05) is 22.8 Å². The van der Waals surface area contributed by atoms with Crippen LogP contribution in [0.3, 0.4) is 0 Å². The zero-order valence-corrected chi connectivity index (χ0v) is 21.4. The number of hydrogen-bond donors (Lipinski definition) is 3. The van der Waals surface area contributed by atoms with Gasteiger partial charge >= 0.3 is 12.2 Å². The summed E-state index contributed by atoms with van der Waals surface area (Å²) in [7, 11) is 0. The second-order valence-corrected chi connectivity index (χ2v) is 9.73. The van der Waals surface area contributed by atoms with Gasteiger partial charge in [0.15, 0.2) is 11.5 Å². The van der Waals surface area contributed by atoms with Gasteiger partial charge in [0.25, 0.3) is 11.8 Å². The summed E-state index contributed by atoms with van der Waals surface area (Å²) in [5, 5.41) is 10.6. The number of alkyl halides is 3. The Kier molecular flexibility index (Phi) is 7.84. The molecule has 0 saturated carbocycles. The molecule has 0 radical (unpaired) electrons. The maximum absolute atomic E-state index is 13.3. The van der Waals surface area contributed by atoms with Crippen LogP contribution < -0.4 is 16.0 Å². The van der Waals surface area contributed by atoms with Gasteiger partial charge in [-0.25, -0.2) is 14.5 Å². The summed E-state index contributed by atoms with van der Waals surface area (Å²) >= 11 is 12.1. The number of carbonyl (C=O) groups excluding carboxylic acids is 3. The summed E-state index contributed by atoms with van der Waals surface area (Å²) < 4.78 is 40.6.